The SMILES string of the molecule is CC(C)(C)OC(=O)N1CCC2(C=C(OS(=O)(=O)C(F)(F)F)c3cc(F)ccc3C2)CC1. The number of halogens is 4. The minimum Gasteiger partial charge on any atom is -0.444 e. The lowest BCUT2D eigenvalue weighted by Gasteiger charge is -2.42. The topological polar surface area (TPSA) is 72.9 Å². The summed E-state index contributed by atoms with van der Waals surface area (Å²) in [6.07, 6.45) is 1.87. The van der Waals surface area contributed by atoms with E-state index in [0.717, 1.165) is 12.1 Å². The van der Waals surface area contributed by atoms with Gasteiger partial charge in [-0.25, -0.2) is 9.18 Å². The second kappa shape index (κ2) is 7.68. The molecular weight excluding hydrogens is 442 g/mol. The summed E-state index contributed by atoms with van der Waals surface area (Å²) >= 11 is 0. The molecule has 1 saturated heterocycles. The summed E-state index contributed by atoms with van der Waals surface area (Å²) in [6.45, 7) is 5.74. The number of carbonyl (C=O) groups excluding carboxylic acids is 1. The van der Waals surface area contributed by atoms with Gasteiger partial charge in [-0.1, -0.05) is 6.07 Å². The van der Waals surface area contributed by atoms with E-state index in [1.165, 1.54) is 17.0 Å². The summed E-state index contributed by atoms with van der Waals surface area (Å²) in [7, 11) is -5.93. The lowest BCUT2D eigenvalue weighted by molar-refractivity contribution is -0.0510. The molecule has 1 spiro atoms. The molecule has 1 aliphatic heterocycles. The highest BCUT2D eigenvalue weighted by Gasteiger charge is 2.50. The van der Waals surface area contributed by atoms with Crippen molar-refractivity contribution in [3.8, 4) is 0 Å². The summed E-state index contributed by atoms with van der Waals surface area (Å²) in [6, 6.07) is 3.52. The van der Waals surface area contributed by atoms with E-state index in [0.29, 0.717) is 24.8 Å². The van der Waals surface area contributed by atoms with Crippen LogP contribution in [0.4, 0.5) is 22.4 Å². The van der Waals surface area contributed by atoms with Gasteiger partial charge in [0.2, 0.25) is 0 Å². The Hall–Kier alpha value is -2.30. The largest absolute Gasteiger partial charge is 0.534 e. The fourth-order valence-corrected chi connectivity index (χ4v) is 4.20. The highest BCUT2D eigenvalue weighted by atomic mass is 32.2. The quantitative estimate of drug-likeness (QED) is 0.363. The first kappa shape index (κ1) is 23.4. The van der Waals surface area contributed by atoms with Gasteiger partial charge < -0.3 is 13.8 Å². The van der Waals surface area contributed by atoms with Crippen molar-refractivity contribution in [3.05, 3.63) is 41.2 Å². The van der Waals surface area contributed by atoms with E-state index in [4.69, 9.17) is 4.74 Å². The molecule has 172 valence electrons. The maximum Gasteiger partial charge on any atom is 0.534 e. The Kier molecular flexibility index (Phi) is 5.79. The lowest BCUT2D eigenvalue weighted by atomic mass is 9.69. The van der Waals surface area contributed by atoms with Crippen molar-refractivity contribution in [1.29, 1.82) is 0 Å². The van der Waals surface area contributed by atoms with Crippen LogP contribution >= 0.6 is 0 Å². The molecule has 1 fully saturated rings. The molecule has 3 rings (SSSR count). The van der Waals surface area contributed by atoms with Crippen LogP contribution in [-0.4, -0.2) is 43.6 Å². The molecular formula is C20H23F4NO5S. The predicted molar refractivity (Wildman–Crippen MR) is 104 cm³/mol. The van der Waals surface area contributed by atoms with Gasteiger partial charge in [0, 0.05) is 18.7 Å². The average Bonchev–Trinajstić information content (AvgIpc) is 2.60. The molecule has 0 radical (unpaired) electrons. The number of carbonyl (C=O) groups is 1. The normalized spacial score (nSPS) is 18.9. The minimum absolute atomic E-state index is 0.0342. The van der Waals surface area contributed by atoms with Gasteiger partial charge in [0.05, 0.1) is 0 Å². The van der Waals surface area contributed by atoms with Crippen LogP contribution in [0.1, 0.15) is 44.7 Å². The Morgan fingerprint density at radius 2 is 1.74 bits per heavy atom. The maximum atomic E-state index is 13.7. The number of piperidine rings is 1. The van der Waals surface area contributed by atoms with Gasteiger partial charge in [-0.3, -0.25) is 0 Å². The molecule has 6 nitrogen and oxygen atoms in total. The molecule has 0 aromatic heterocycles. The van der Waals surface area contributed by atoms with Crippen molar-refractivity contribution in [2.75, 3.05) is 13.1 Å². The molecule has 2 aliphatic rings. The first-order valence-electron chi connectivity index (χ1n) is 9.61. The van der Waals surface area contributed by atoms with Gasteiger partial charge in [0.25, 0.3) is 0 Å². The molecule has 1 heterocycles. The van der Waals surface area contributed by atoms with Gasteiger partial charge in [-0.15, -0.1) is 0 Å². The molecule has 0 saturated carbocycles. The van der Waals surface area contributed by atoms with Crippen LogP contribution in [0.15, 0.2) is 24.3 Å². The van der Waals surface area contributed by atoms with Gasteiger partial charge in [-0.05, 0) is 69.2 Å². The van der Waals surface area contributed by atoms with Crippen LogP contribution in [-0.2, 0) is 25.5 Å². The second-order valence-electron chi connectivity index (χ2n) is 8.80. The number of alkyl halides is 3. The van der Waals surface area contributed by atoms with E-state index in [2.05, 4.69) is 4.18 Å². The molecule has 1 aromatic rings. The van der Waals surface area contributed by atoms with Crippen LogP contribution in [0, 0.1) is 11.2 Å². The highest BCUT2D eigenvalue weighted by molar-refractivity contribution is 7.87. The zero-order valence-corrected chi connectivity index (χ0v) is 18.1. The predicted octanol–water partition coefficient (Wildman–Crippen LogP) is 4.61. The molecule has 0 N–H and O–H groups in total. The Morgan fingerprint density at radius 1 is 1.13 bits per heavy atom. The van der Waals surface area contributed by atoms with Crippen molar-refractivity contribution in [2.45, 2.75) is 51.1 Å². The number of rotatable bonds is 2. The Labute approximate surface area is 177 Å². The van der Waals surface area contributed by atoms with Crippen molar-refractivity contribution in [3.63, 3.8) is 0 Å². The molecule has 11 heteroatoms. The van der Waals surface area contributed by atoms with E-state index < -0.39 is 44.3 Å². The first-order chi connectivity index (χ1) is 14.1. The number of ether oxygens (including phenoxy) is 1. The summed E-state index contributed by atoms with van der Waals surface area (Å²) in [4.78, 5) is 13.8. The van der Waals surface area contributed by atoms with E-state index >= 15 is 0 Å². The molecule has 0 unspecified atom stereocenters. The minimum atomic E-state index is -5.93. The zero-order chi connectivity index (χ0) is 23.2. The Balaban J connectivity index is 1.89. The van der Waals surface area contributed by atoms with Crippen molar-refractivity contribution in [1.82, 2.24) is 4.90 Å². The Bertz CT molecular complexity index is 1000. The Morgan fingerprint density at radius 3 is 2.29 bits per heavy atom. The van der Waals surface area contributed by atoms with Crippen LogP contribution in [0.25, 0.3) is 5.76 Å². The number of nitrogens with zero attached hydrogens (tertiary/aromatic N) is 1. The van der Waals surface area contributed by atoms with Gasteiger partial charge in [0.15, 0.2) is 0 Å². The summed E-state index contributed by atoms with van der Waals surface area (Å²) in [5.74, 6) is -1.28. The van der Waals surface area contributed by atoms with E-state index in [9.17, 15) is 30.8 Å². The van der Waals surface area contributed by atoms with Crippen molar-refractivity contribution in [2.24, 2.45) is 5.41 Å². The van der Waals surface area contributed by atoms with Crippen LogP contribution in [0.2, 0.25) is 0 Å². The maximum absolute atomic E-state index is 13.7. The molecule has 0 atom stereocenters. The number of amides is 1. The van der Waals surface area contributed by atoms with Crippen molar-refractivity contribution >= 4 is 22.0 Å². The van der Waals surface area contributed by atoms with Gasteiger partial charge in [0.1, 0.15) is 17.2 Å². The standard InChI is InChI=1S/C20H23F4NO5S/c1-18(2,3)29-17(26)25-8-6-19(7-9-25)11-13-4-5-14(21)10-15(13)16(12-19)30-31(27,28)20(22,23)24/h4-5,10,12H,6-9,11H2,1-3H3. The number of allylic oxidation sites excluding steroid dienone is 1. The van der Waals surface area contributed by atoms with E-state index in [1.54, 1.807) is 20.8 Å². The van der Waals surface area contributed by atoms with Crippen LogP contribution in [0.3, 0.4) is 0 Å². The van der Waals surface area contributed by atoms with Crippen molar-refractivity contribution < 1.29 is 39.7 Å². The third-order valence-electron chi connectivity index (χ3n) is 5.21. The fourth-order valence-electron chi connectivity index (χ4n) is 3.73. The number of fused-ring (bicyclic) bond motifs is 1. The average molecular weight is 465 g/mol. The highest BCUT2D eigenvalue weighted by Crippen LogP contribution is 2.45. The van der Waals surface area contributed by atoms with E-state index in [1.807, 2.05) is 0 Å². The van der Waals surface area contributed by atoms with Crippen LogP contribution < -0.4 is 0 Å². The van der Waals surface area contributed by atoms with Gasteiger partial charge >= 0.3 is 21.7 Å². The molecule has 31 heavy (non-hydrogen) atoms. The first-order valence-corrected chi connectivity index (χ1v) is 11.0. The monoisotopic (exact) mass is 465 g/mol. The fraction of sp³-hybridized carbons (Fsp3) is 0.550. The third-order valence-corrected chi connectivity index (χ3v) is 6.18. The third kappa shape index (κ3) is 5.13. The summed E-state index contributed by atoms with van der Waals surface area (Å²) in [5.41, 5.74) is -6.59. The number of likely N-dealkylation sites (tertiary alicyclic amines) is 1. The second-order valence-corrected chi connectivity index (χ2v) is 10.3. The van der Waals surface area contributed by atoms with E-state index in [-0.39, 0.29) is 18.7 Å². The zero-order valence-electron chi connectivity index (χ0n) is 17.3. The number of benzene rings is 1. The number of hydrogen-bond donors (Lipinski definition) is 0. The van der Waals surface area contributed by atoms with Crippen LogP contribution in [0.5, 0.6) is 0 Å². The molecule has 1 amide bonds. The van der Waals surface area contributed by atoms with Gasteiger partial charge in [-0.2, -0.15) is 21.6 Å². The molecule has 1 aliphatic carbocycles. The smallest absolute Gasteiger partial charge is 0.444 e. The number of hydrogen-bond acceptors (Lipinski definition) is 5. The lowest BCUT2D eigenvalue weighted by Crippen LogP contribution is -2.46. The summed E-state index contributed by atoms with van der Waals surface area (Å²) in [5, 5.41) is 0. The summed E-state index contributed by atoms with van der Waals surface area (Å²) < 4.78 is 85.4. The molecule has 1 aromatic carbocycles. The molecule has 0 bridgehead atoms.